The highest BCUT2D eigenvalue weighted by molar-refractivity contribution is 5.18. The summed E-state index contributed by atoms with van der Waals surface area (Å²) in [4.78, 5) is 0. The predicted octanol–water partition coefficient (Wildman–Crippen LogP) is 2.77. The summed E-state index contributed by atoms with van der Waals surface area (Å²) in [5.41, 5.74) is 0.808. The minimum Gasteiger partial charge on any atom is -0.381 e. The largest absolute Gasteiger partial charge is 0.381 e. The fourth-order valence-electron chi connectivity index (χ4n) is 2.63. The van der Waals surface area contributed by atoms with Gasteiger partial charge < -0.3 is 10.1 Å². The van der Waals surface area contributed by atoms with E-state index in [4.69, 9.17) is 4.74 Å². The fourth-order valence-corrected chi connectivity index (χ4v) is 2.63. The van der Waals surface area contributed by atoms with Crippen LogP contribution in [0.25, 0.3) is 0 Å². The van der Waals surface area contributed by atoms with Crippen molar-refractivity contribution < 1.29 is 9.13 Å². The molecule has 0 saturated carbocycles. The molecule has 2 unspecified atom stereocenters. The van der Waals surface area contributed by atoms with Gasteiger partial charge in [-0.2, -0.15) is 0 Å². The number of hydrogen-bond acceptors (Lipinski definition) is 2. The molecular weight excluding hydrogens is 229 g/mol. The summed E-state index contributed by atoms with van der Waals surface area (Å²) in [5, 5.41) is 3.46. The van der Waals surface area contributed by atoms with Gasteiger partial charge in [0, 0.05) is 19.3 Å². The smallest absolute Gasteiger partial charge is 0.126 e. The van der Waals surface area contributed by atoms with E-state index in [1.165, 1.54) is 6.07 Å². The second kappa shape index (κ2) is 6.86. The van der Waals surface area contributed by atoms with Crippen LogP contribution in [0.5, 0.6) is 0 Å². The van der Waals surface area contributed by atoms with E-state index in [1.54, 1.807) is 6.07 Å². The van der Waals surface area contributed by atoms with Gasteiger partial charge >= 0.3 is 0 Å². The van der Waals surface area contributed by atoms with Gasteiger partial charge in [-0.3, -0.25) is 0 Å². The van der Waals surface area contributed by atoms with Gasteiger partial charge in [0.05, 0.1) is 0 Å². The highest BCUT2D eigenvalue weighted by atomic mass is 19.1. The summed E-state index contributed by atoms with van der Waals surface area (Å²) in [6, 6.07) is 7.41. The Morgan fingerprint density at radius 1 is 1.44 bits per heavy atom. The number of benzene rings is 1. The van der Waals surface area contributed by atoms with Gasteiger partial charge in [-0.25, -0.2) is 4.39 Å². The van der Waals surface area contributed by atoms with Crippen molar-refractivity contribution in [2.75, 3.05) is 19.8 Å². The molecule has 1 fully saturated rings. The summed E-state index contributed by atoms with van der Waals surface area (Å²) >= 11 is 0. The van der Waals surface area contributed by atoms with E-state index in [2.05, 4.69) is 12.2 Å². The monoisotopic (exact) mass is 251 g/mol. The number of likely N-dealkylation sites (N-methyl/N-ethyl adjacent to an activating group) is 1. The Kier molecular flexibility index (Phi) is 5.14. The Balaban J connectivity index is 1.94. The Morgan fingerprint density at radius 2 is 2.28 bits per heavy atom. The van der Waals surface area contributed by atoms with E-state index in [-0.39, 0.29) is 5.82 Å². The van der Waals surface area contributed by atoms with Crippen molar-refractivity contribution in [3.63, 3.8) is 0 Å². The number of rotatable bonds is 6. The van der Waals surface area contributed by atoms with Crippen LogP contribution in [0, 0.1) is 11.7 Å². The molecular formula is C15H22FNO. The summed E-state index contributed by atoms with van der Waals surface area (Å²) in [6.07, 6.45) is 2.97. The minimum absolute atomic E-state index is 0.0944. The van der Waals surface area contributed by atoms with E-state index >= 15 is 0 Å². The summed E-state index contributed by atoms with van der Waals surface area (Å²) in [5.74, 6) is 0.531. The molecule has 1 aliphatic heterocycles. The molecule has 0 bridgehead atoms. The molecule has 1 aromatic rings. The molecule has 2 atom stereocenters. The predicted molar refractivity (Wildman–Crippen MR) is 71.1 cm³/mol. The van der Waals surface area contributed by atoms with Crippen molar-refractivity contribution >= 4 is 0 Å². The van der Waals surface area contributed by atoms with Gasteiger partial charge in [-0.15, -0.1) is 0 Å². The number of hydrogen-bond donors (Lipinski definition) is 1. The average molecular weight is 251 g/mol. The fraction of sp³-hybridized carbons (Fsp3) is 0.600. The van der Waals surface area contributed by atoms with E-state index in [1.807, 2.05) is 12.1 Å². The van der Waals surface area contributed by atoms with Gasteiger partial charge in [-0.05, 0) is 43.4 Å². The van der Waals surface area contributed by atoms with E-state index in [0.717, 1.165) is 44.6 Å². The lowest BCUT2D eigenvalue weighted by molar-refractivity contribution is 0.181. The van der Waals surface area contributed by atoms with E-state index in [9.17, 15) is 4.39 Å². The summed E-state index contributed by atoms with van der Waals surface area (Å²) in [7, 11) is 0. The quantitative estimate of drug-likeness (QED) is 0.839. The van der Waals surface area contributed by atoms with Crippen LogP contribution in [0.4, 0.5) is 4.39 Å². The molecule has 0 spiro atoms. The number of nitrogens with one attached hydrogen (secondary N) is 1. The Morgan fingerprint density at radius 3 is 2.94 bits per heavy atom. The molecule has 1 N–H and O–H groups in total. The third-order valence-electron chi connectivity index (χ3n) is 3.56. The molecule has 100 valence electrons. The van der Waals surface area contributed by atoms with Crippen LogP contribution in [-0.4, -0.2) is 25.8 Å². The molecule has 2 rings (SSSR count). The molecule has 0 aliphatic carbocycles. The molecule has 3 heteroatoms. The average Bonchev–Trinajstić information content (AvgIpc) is 2.85. The minimum atomic E-state index is -0.0944. The van der Waals surface area contributed by atoms with Crippen molar-refractivity contribution in [2.24, 2.45) is 5.92 Å². The molecule has 0 aromatic heterocycles. The van der Waals surface area contributed by atoms with Crippen molar-refractivity contribution in [3.8, 4) is 0 Å². The Hall–Kier alpha value is -0.930. The van der Waals surface area contributed by atoms with Gasteiger partial charge in [0.2, 0.25) is 0 Å². The first-order valence-corrected chi connectivity index (χ1v) is 6.84. The van der Waals surface area contributed by atoms with Gasteiger partial charge in [0.15, 0.2) is 0 Å². The molecule has 1 aliphatic rings. The zero-order valence-corrected chi connectivity index (χ0v) is 11.0. The second-order valence-electron chi connectivity index (χ2n) is 5.02. The van der Waals surface area contributed by atoms with Crippen LogP contribution in [0.15, 0.2) is 24.3 Å². The molecule has 0 radical (unpaired) electrons. The Labute approximate surface area is 109 Å². The first-order valence-electron chi connectivity index (χ1n) is 6.84. The molecule has 1 saturated heterocycles. The van der Waals surface area contributed by atoms with Crippen molar-refractivity contribution in [2.45, 2.75) is 32.2 Å². The Bertz CT molecular complexity index is 363. The lowest BCUT2D eigenvalue weighted by Gasteiger charge is -2.21. The lowest BCUT2D eigenvalue weighted by atomic mass is 9.94. The third kappa shape index (κ3) is 3.79. The highest BCUT2D eigenvalue weighted by Crippen LogP contribution is 2.20. The molecule has 2 nitrogen and oxygen atoms in total. The normalized spacial score (nSPS) is 21.1. The topological polar surface area (TPSA) is 21.3 Å². The zero-order chi connectivity index (χ0) is 12.8. The van der Waals surface area contributed by atoms with Crippen LogP contribution < -0.4 is 5.32 Å². The summed E-state index contributed by atoms with van der Waals surface area (Å²) in [6.45, 7) is 4.76. The van der Waals surface area contributed by atoms with Crippen LogP contribution in [0.3, 0.4) is 0 Å². The van der Waals surface area contributed by atoms with Gasteiger partial charge in [-0.1, -0.05) is 25.1 Å². The molecule has 1 heterocycles. The van der Waals surface area contributed by atoms with Crippen LogP contribution in [0.2, 0.25) is 0 Å². The number of halogens is 1. The highest BCUT2D eigenvalue weighted by Gasteiger charge is 2.21. The maximum atomic E-state index is 13.7. The zero-order valence-electron chi connectivity index (χ0n) is 11.0. The van der Waals surface area contributed by atoms with Crippen molar-refractivity contribution in [3.05, 3.63) is 35.6 Å². The van der Waals surface area contributed by atoms with Crippen molar-refractivity contribution in [1.82, 2.24) is 5.32 Å². The van der Waals surface area contributed by atoms with Gasteiger partial charge in [0.1, 0.15) is 5.82 Å². The van der Waals surface area contributed by atoms with Crippen LogP contribution in [0.1, 0.15) is 25.3 Å². The summed E-state index contributed by atoms with van der Waals surface area (Å²) < 4.78 is 19.1. The van der Waals surface area contributed by atoms with E-state index in [0.29, 0.717) is 12.0 Å². The maximum absolute atomic E-state index is 13.7. The first-order chi connectivity index (χ1) is 8.79. The molecule has 1 aromatic carbocycles. The lowest BCUT2D eigenvalue weighted by Crippen LogP contribution is -2.33. The standard InChI is InChI=1S/C15H22FNO/c1-2-17-14(9-12-7-8-18-11-12)10-13-5-3-4-6-15(13)16/h3-6,12,14,17H,2,7-11H2,1H3. The third-order valence-corrected chi connectivity index (χ3v) is 3.56. The molecule has 0 amide bonds. The SMILES string of the molecule is CCNC(Cc1ccccc1F)CC1CCOC1. The van der Waals surface area contributed by atoms with Gasteiger partial charge in [0.25, 0.3) is 0 Å². The first kappa shape index (κ1) is 13.5. The van der Waals surface area contributed by atoms with Crippen LogP contribution >= 0.6 is 0 Å². The van der Waals surface area contributed by atoms with E-state index < -0.39 is 0 Å². The molecule has 18 heavy (non-hydrogen) atoms. The second-order valence-corrected chi connectivity index (χ2v) is 5.02. The maximum Gasteiger partial charge on any atom is 0.126 e. The number of ether oxygens (including phenoxy) is 1. The van der Waals surface area contributed by atoms with Crippen molar-refractivity contribution in [1.29, 1.82) is 0 Å². The van der Waals surface area contributed by atoms with Crippen LogP contribution in [-0.2, 0) is 11.2 Å².